The molecule has 0 atom stereocenters. The maximum absolute atomic E-state index is 13.7. The van der Waals surface area contributed by atoms with Crippen molar-refractivity contribution in [2.75, 3.05) is 7.11 Å². The Balaban J connectivity index is 4.10. The lowest BCUT2D eigenvalue weighted by molar-refractivity contribution is 0.0595. The van der Waals surface area contributed by atoms with Crippen LogP contribution in [0.4, 0.5) is 0 Å². The SMILES string of the molecule is COC(=O)c1cccc(S(=O)(=O)N(C(C)C)C(C)C)c1S(=O)(=O)N(C(C)C)C(C)C. The number of carbonyl (C=O) groups is 1. The van der Waals surface area contributed by atoms with Gasteiger partial charge in [0.1, 0.15) is 9.79 Å². The second-order valence-electron chi connectivity index (χ2n) is 8.17. The molecule has 0 aliphatic rings. The van der Waals surface area contributed by atoms with Gasteiger partial charge in [0.25, 0.3) is 0 Å². The zero-order valence-corrected chi connectivity index (χ0v) is 20.8. The van der Waals surface area contributed by atoms with Crippen LogP contribution >= 0.6 is 0 Å². The quantitative estimate of drug-likeness (QED) is 0.523. The second-order valence-corrected chi connectivity index (χ2v) is 11.8. The maximum Gasteiger partial charge on any atom is 0.339 e. The van der Waals surface area contributed by atoms with Gasteiger partial charge in [-0.3, -0.25) is 0 Å². The number of hydrogen-bond donors (Lipinski definition) is 0. The van der Waals surface area contributed by atoms with Crippen LogP contribution in [0.1, 0.15) is 65.7 Å². The Morgan fingerprint density at radius 2 is 1.17 bits per heavy atom. The third-order valence-electron chi connectivity index (χ3n) is 4.51. The molecule has 0 saturated heterocycles. The molecule has 0 aliphatic heterocycles. The van der Waals surface area contributed by atoms with E-state index in [-0.39, 0.29) is 5.56 Å². The molecule has 10 heteroatoms. The van der Waals surface area contributed by atoms with Gasteiger partial charge in [0.15, 0.2) is 0 Å². The van der Waals surface area contributed by atoms with E-state index in [0.29, 0.717) is 0 Å². The molecular formula is C20H34N2O6S2. The minimum atomic E-state index is -4.36. The number of methoxy groups -OCH3 is 1. The third-order valence-corrected chi connectivity index (χ3v) is 9.29. The van der Waals surface area contributed by atoms with Gasteiger partial charge in [-0.25, -0.2) is 21.6 Å². The van der Waals surface area contributed by atoms with Crippen molar-refractivity contribution >= 4 is 26.0 Å². The van der Waals surface area contributed by atoms with Gasteiger partial charge in [0, 0.05) is 24.2 Å². The summed E-state index contributed by atoms with van der Waals surface area (Å²) in [6.45, 7) is 13.6. The molecule has 0 radical (unpaired) electrons. The number of ether oxygens (including phenoxy) is 1. The number of rotatable bonds is 9. The summed E-state index contributed by atoms with van der Waals surface area (Å²) in [4.78, 5) is 11.5. The van der Waals surface area contributed by atoms with Crippen LogP contribution in [0.15, 0.2) is 28.0 Å². The van der Waals surface area contributed by atoms with Crippen molar-refractivity contribution in [2.45, 2.75) is 89.3 Å². The predicted molar refractivity (Wildman–Crippen MR) is 116 cm³/mol. The first-order valence-corrected chi connectivity index (χ1v) is 12.8. The lowest BCUT2D eigenvalue weighted by Gasteiger charge is -2.33. The van der Waals surface area contributed by atoms with Crippen molar-refractivity contribution in [3.63, 3.8) is 0 Å². The van der Waals surface area contributed by atoms with Gasteiger partial charge in [-0.1, -0.05) is 6.07 Å². The van der Waals surface area contributed by atoms with Crippen molar-refractivity contribution in [3.8, 4) is 0 Å². The highest BCUT2D eigenvalue weighted by Gasteiger charge is 2.41. The molecule has 0 fully saturated rings. The van der Waals surface area contributed by atoms with Crippen LogP contribution in [0.5, 0.6) is 0 Å². The van der Waals surface area contributed by atoms with E-state index in [4.69, 9.17) is 4.74 Å². The molecule has 0 N–H and O–H groups in total. The molecule has 1 rings (SSSR count). The smallest absolute Gasteiger partial charge is 0.339 e. The van der Waals surface area contributed by atoms with Crippen LogP contribution in [0.25, 0.3) is 0 Å². The van der Waals surface area contributed by atoms with Crippen LogP contribution < -0.4 is 0 Å². The van der Waals surface area contributed by atoms with Crippen LogP contribution in [0.2, 0.25) is 0 Å². The van der Waals surface area contributed by atoms with Crippen molar-refractivity contribution in [2.24, 2.45) is 0 Å². The van der Waals surface area contributed by atoms with Crippen molar-refractivity contribution < 1.29 is 26.4 Å². The summed E-state index contributed by atoms with van der Waals surface area (Å²) in [6, 6.07) is 2.10. The Hall–Kier alpha value is -1.49. The van der Waals surface area contributed by atoms with E-state index in [2.05, 4.69) is 0 Å². The minimum absolute atomic E-state index is 0.308. The third kappa shape index (κ3) is 5.04. The Bertz CT molecular complexity index is 951. The summed E-state index contributed by atoms with van der Waals surface area (Å²) >= 11 is 0. The molecule has 172 valence electrons. The number of benzene rings is 1. The van der Waals surface area contributed by atoms with Crippen molar-refractivity contribution in [3.05, 3.63) is 23.8 Å². The second kappa shape index (κ2) is 9.76. The van der Waals surface area contributed by atoms with E-state index >= 15 is 0 Å². The summed E-state index contributed by atoms with van der Waals surface area (Å²) in [5.41, 5.74) is -0.308. The lowest BCUT2D eigenvalue weighted by Crippen LogP contribution is -2.45. The maximum atomic E-state index is 13.7. The van der Waals surface area contributed by atoms with Gasteiger partial charge in [0.05, 0.1) is 12.7 Å². The fourth-order valence-electron chi connectivity index (χ4n) is 3.78. The molecule has 0 bridgehead atoms. The molecule has 0 aromatic heterocycles. The topological polar surface area (TPSA) is 101 Å². The number of sulfonamides is 2. The molecule has 1 aromatic rings. The monoisotopic (exact) mass is 462 g/mol. The Morgan fingerprint density at radius 1 is 0.767 bits per heavy atom. The molecule has 30 heavy (non-hydrogen) atoms. The normalized spacial score (nSPS) is 13.3. The first-order chi connectivity index (χ1) is 13.6. The average Bonchev–Trinajstić information content (AvgIpc) is 2.58. The fourth-order valence-corrected chi connectivity index (χ4v) is 8.41. The summed E-state index contributed by atoms with van der Waals surface area (Å²) in [5.74, 6) is -0.918. The minimum Gasteiger partial charge on any atom is -0.465 e. The van der Waals surface area contributed by atoms with Crippen molar-refractivity contribution in [1.29, 1.82) is 0 Å². The average molecular weight is 463 g/mol. The van der Waals surface area contributed by atoms with Gasteiger partial charge in [-0.05, 0) is 67.5 Å². The number of esters is 1. The molecule has 0 amide bonds. The van der Waals surface area contributed by atoms with Crippen molar-refractivity contribution in [1.82, 2.24) is 8.61 Å². The lowest BCUT2D eigenvalue weighted by atomic mass is 10.2. The Labute approximate surface area is 181 Å². The zero-order valence-electron chi connectivity index (χ0n) is 19.2. The van der Waals surface area contributed by atoms with E-state index < -0.39 is 60.0 Å². The highest BCUT2D eigenvalue weighted by atomic mass is 32.2. The van der Waals surface area contributed by atoms with Crippen LogP contribution in [-0.4, -0.2) is 62.7 Å². The van der Waals surface area contributed by atoms with Crippen LogP contribution in [0.3, 0.4) is 0 Å². The highest BCUT2D eigenvalue weighted by molar-refractivity contribution is 7.92. The Morgan fingerprint density at radius 3 is 1.53 bits per heavy atom. The molecule has 0 spiro atoms. The number of carbonyl (C=O) groups excluding carboxylic acids is 1. The molecule has 0 unspecified atom stereocenters. The van der Waals surface area contributed by atoms with Crippen LogP contribution in [0, 0.1) is 0 Å². The predicted octanol–water partition coefficient (Wildman–Crippen LogP) is 3.09. The zero-order chi connectivity index (χ0) is 23.6. The largest absolute Gasteiger partial charge is 0.465 e. The van der Waals surface area contributed by atoms with E-state index in [1.165, 1.54) is 26.8 Å². The van der Waals surface area contributed by atoms with Gasteiger partial charge >= 0.3 is 5.97 Å². The molecule has 0 saturated carbocycles. The number of nitrogens with zero attached hydrogens (tertiary/aromatic N) is 2. The summed E-state index contributed by atoms with van der Waals surface area (Å²) in [7, 11) is -7.48. The first kappa shape index (κ1) is 26.5. The highest BCUT2D eigenvalue weighted by Crippen LogP contribution is 2.33. The van der Waals surface area contributed by atoms with E-state index in [1.54, 1.807) is 55.4 Å². The van der Waals surface area contributed by atoms with Gasteiger partial charge in [0.2, 0.25) is 20.0 Å². The summed E-state index contributed by atoms with van der Waals surface area (Å²) in [6.07, 6.45) is 0. The molecule has 0 heterocycles. The van der Waals surface area contributed by atoms with Gasteiger partial charge in [-0.2, -0.15) is 8.61 Å². The Kier molecular flexibility index (Phi) is 8.63. The molecular weight excluding hydrogens is 428 g/mol. The first-order valence-electron chi connectivity index (χ1n) is 9.90. The van der Waals surface area contributed by atoms with Crippen LogP contribution in [-0.2, 0) is 24.8 Å². The standard InChI is InChI=1S/C20H34N2O6S2/c1-13(2)21(14(3)4)29(24,25)18-12-10-11-17(20(23)28-9)19(18)30(26,27)22(15(5)6)16(7)8/h10-16H,1-9H3. The van der Waals surface area contributed by atoms with E-state index in [1.807, 2.05) is 0 Å². The fraction of sp³-hybridized carbons (Fsp3) is 0.650. The van der Waals surface area contributed by atoms with E-state index in [9.17, 15) is 21.6 Å². The molecule has 8 nitrogen and oxygen atoms in total. The molecule has 1 aromatic carbocycles. The summed E-state index contributed by atoms with van der Waals surface area (Å²) < 4.78 is 61.8. The van der Waals surface area contributed by atoms with Gasteiger partial charge in [-0.15, -0.1) is 0 Å². The number of hydrogen-bond acceptors (Lipinski definition) is 6. The van der Waals surface area contributed by atoms with Gasteiger partial charge < -0.3 is 4.74 Å². The van der Waals surface area contributed by atoms with E-state index in [0.717, 1.165) is 7.11 Å². The molecule has 0 aliphatic carbocycles. The summed E-state index contributed by atoms with van der Waals surface area (Å²) in [5, 5.41) is 0.